The zero-order chi connectivity index (χ0) is 18.5. The fourth-order valence-corrected chi connectivity index (χ4v) is 3.38. The molecular formula is C20H17FN2O2S. The summed E-state index contributed by atoms with van der Waals surface area (Å²) in [5.74, 6) is -0.662. The van der Waals surface area contributed by atoms with Gasteiger partial charge in [-0.2, -0.15) is 0 Å². The van der Waals surface area contributed by atoms with Crippen molar-refractivity contribution < 1.29 is 14.0 Å². The van der Waals surface area contributed by atoms with Gasteiger partial charge in [0, 0.05) is 17.6 Å². The van der Waals surface area contributed by atoms with Gasteiger partial charge in [0.05, 0.1) is 11.3 Å². The summed E-state index contributed by atoms with van der Waals surface area (Å²) in [5, 5.41) is 5.44. The van der Waals surface area contributed by atoms with E-state index in [0.717, 1.165) is 16.0 Å². The number of likely N-dealkylation sites (N-methyl/N-ethyl adjacent to an activating group) is 1. The van der Waals surface area contributed by atoms with Gasteiger partial charge in [-0.25, -0.2) is 4.39 Å². The zero-order valence-corrected chi connectivity index (χ0v) is 14.9. The Kier molecular flexibility index (Phi) is 5.43. The molecule has 2 aromatic carbocycles. The van der Waals surface area contributed by atoms with Gasteiger partial charge in [0.25, 0.3) is 5.91 Å². The Morgan fingerprint density at radius 3 is 2.46 bits per heavy atom. The highest BCUT2D eigenvalue weighted by Crippen LogP contribution is 2.29. The van der Waals surface area contributed by atoms with Crippen LogP contribution in [0.1, 0.15) is 15.2 Å². The lowest BCUT2D eigenvalue weighted by Crippen LogP contribution is -2.21. The van der Waals surface area contributed by atoms with E-state index < -0.39 is 0 Å². The summed E-state index contributed by atoms with van der Waals surface area (Å²) < 4.78 is 13.0. The molecule has 3 aromatic rings. The predicted octanol–water partition coefficient (Wildman–Crippen LogP) is 4.10. The molecule has 0 spiro atoms. The molecule has 0 fully saturated rings. The van der Waals surface area contributed by atoms with E-state index in [4.69, 9.17) is 0 Å². The molecular weight excluding hydrogens is 351 g/mol. The number of para-hydroxylation sites is 1. The van der Waals surface area contributed by atoms with Crippen LogP contribution in [-0.4, -0.2) is 18.9 Å². The molecule has 0 aliphatic carbocycles. The molecule has 3 rings (SSSR count). The molecule has 1 heterocycles. The zero-order valence-electron chi connectivity index (χ0n) is 14.1. The topological polar surface area (TPSA) is 58.2 Å². The smallest absolute Gasteiger partial charge is 0.265 e. The van der Waals surface area contributed by atoms with Crippen LogP contribution in [0.15, 0.2) is 60.7 Å². The Bertz CT molecular complexity index is 935. The first-order valence-corrected chi connectivity index (χ1v) is 8.84. The highest BCUT2D eigenvalue weighted by Gasteiger charge is 2.13. The minimum Gasteiger partial charge on any atom is -0.359 e. The molecule has 6 heteroatoms. The van der Waals surface area contributed by atoms with Gasteiger partial charge >= 0.3 is 0 Å². The van der Waals surface area contributed by atoms with Crippen LogP contribution < -0.4 is 10.6 Å². The van der Waals surface area contributed by atoms with Crippen LogP contribution in [0.5, 0.6) is 0 Å². The predicted molar refractivity (Wildman–Crippen MR) is 102 cm³/mol. The Hall–Kier alpha value is -2.99. The van der Waals surface area contributed by atoms with Crippen molar-refractivity contribution in [3.05, 3.63) is 76.9 Å². The van der Waals surface area contributed by atoms with E-state index >= 15 is 0 Å². The van der Waals surface area contributed by atoms with Gasteiger partial charge in [-0.3, -0.25) is 9.59 Å². The van der Waals surface area contributed by atoms with Crippen molar-refractivity contribution >= 4 is 28.8 Å². The summed E-state index contributed by atoms with van der Waals surface area (Å²) in [7, 11) is 1.58. The van der Waals surface area contributed by atoms with Crippen LogP contribution in [0.25, 0.3) is 10.4 Å². The van der Waals surface area contributed by atoms with E-state index in [9.17, 15) is 14.0 Å². The van der Waals surface area contributed by atoms with Gasteiger partial charge in [0.1, 0.15) is 5.82 Å². The van der Waals surface area contributed by atoms with E-state index in [1.807, 2.05) is 18.2 Å². The van der Waals surface area contributed by atoms with Gasteiger partial charge in [0.2, 0.25) is 5.91 Å². The molecule has 0 aliphatic rings. The summed E-state index contributed by atoms with van der Waals surface area (Å²) in [6, 6.07) is 16.9. The highest BCUT2D eigenvalue weighted by molar-refractivity contribution is 7.17. The number of nitrogens with one attached hydrogen (secondary N) is 2. The van der Waals surface area contributed by atoms with Gasteiger partial charge in [0.15, 0.2) is 0 Å². The van der Waals surface area contributed by atoms with E-state index in [2.05, 4.69) is 10.6 Å². The molecule has 0 bridgehead atoms. The van der Waals surface area contributed by atoms with Crippen molar-refractivity contribution in [3.63, 3.8) is 0 Å². The minimum absolute atomic E-state index is 0.124. The summed E-state index contributed by atoms with van der Waals surface area (Å²) in [6.45, 7) is 0. The molecule has 0 radical (unpaired) electrons. The second kappa shape index (κ2) is 7.93. The molecule has 1 aromatic heterocycles. The maximum atomic E-state index is 13.0. The molecule has 0 atom stereocenters. The van der Waals surface area contributed by atoms with Crippen molar-refractivity contribution in [2.45, 2.75) is 6.42 Å². The fraction of sp³-hybridized carbons (Fsp3) is 0.100. The third-order valence-electron chi connectivity index (χ3n) is 3.85. The number of benzene rings is 2. The van der Waals surface area contributed by atoms with Crippen molar-refractivity contribution in [2.75, 3.05) is 12.4 Å². The Morgan fingerprint density at radius 1 is 1.00 bits per heavy atom. The number of hydrogen-bond acceptors (Lipinski definition) is 3. The van der Waals surface area contributed by atoms with E-state index in [-0.39, 0.29) is 24.1 Å². The van der Waals surface area contributed by atoms with Crippen LogP contribution in [0.4, 0.5) is 10.1 Å². The number of anilines is 1. The second-order valence-electron chi connectivity index (χ2n) is 5.63. The third-order valence-corrected chi connectivity index (χ3v) is 4.99. The van der Waals surface area contributed by atoms with Crippen LogP contribution in [0, 0.1) is 5.82 Å². The van der Waals surface area contributed by atoms with Crippen LogP contribution in [-0.2, 0) is 11.2 Å². The van der Waals surface area contributed by atoms with Crippen molar-refractivity contribution in [2.24, 2.45) is 0 Å². The van der Waals surface area contributed by atoms with E-state index in [1.165, 1.54) is 23.5 Å². The lowest BCUT2D eigenvalue weighted by atomic mass is 10.1. The standard InChI is InChI=1S/C20H17FN2O2S/c1-22-19(24)12-14-4-2-3-5-16(14)23-20(25)18-11-10-17(26-18)13-6-8-15(21)9-7-13/h2-11H,12H2,1H3,(H,22,24)(H,23,25). The summed E-state index contributed by atoms with van der Waals surface area (Å²) in [4.78, 5) is 25.6. The van der Waals surface area contributed by atoms with Crippen LogP contribution >= 0.6 is 11.3 Å². The van der Waals surface area contributed by atoms with Gasteiger partial charge < -0.3 is 10.6 Å². The second-order valence-corrected chi connectivity index (χ2v) is 6.72. The average molecular weight is 368 g/mol. The monoisotopic (exact) mass is 368 g/mol. The number of hydrogen-bond donors (Lipinski definition) is 2. The summed E-state index contributed by atoms with van der Waals surface area (Å²) >= 11 is 1.33. The molecule has 4 nitrogen and oxygen atoms in total. The number of rotatable bonds is 5. The largest absolute Gasteiger partial charge is 0.359 e. The molecule has 0 unspecified atom stereocenters. The quantitative estimate of drug-likeness (QED) is 0.712. The number of carbonyl (C=O) groups excluding carboxylic acids is 2. The SMILES string of the molecule is CNC(=O)Cc1ccccc1NC(=O)c1ccc(-c2ccc(F)cc2)s1. The Balaban J connectivity index is 1.77. The first-order chi connectivity index (χ1) is 12.6. The molecule has 0 saturated heterocycles. The van der Waals surface area contributed by atoms with E-state index in [0.29, 0.717) is 10.6 Å². The lowest BCUT2D eigenvalue weighted by molar-refractivity contribution is -0.119. The average Bonchev–Trinajstić information content (AvgIpc) is 3.14. The normalized spacial score (nSPS) is 10.4. The number of carbonyl (C=O) groups is 2. The molecule has 2 N–H and O–H groups in total. The van der Waals surface area contributed by atoms with Gasteiger partial charge in [-0.15, -0.1) is 11.3 Å². The Morgan fingerprint density at radius 2 is 1.73 bits per heavy atom. The highest BCUT2D eigenvalue weighted by atomic mass is 32.1. The molecule has 0 aliphatic heterocycles. The summed E-state index contributed by atoms with van der Waals surface area (Å²) in [5.41, 5.74) is 2.21. The molecule has 0 saturated carbocycles. The molecule has 26 heavy (non-hydrogen) atoms. The van der Waals surface area contributed by atoms with Crippen molar-refractivity contribution in [1.82, 2.24) is 5.32 Å². The Labute approximate surface area is 154 Å². The molecule has 2 amide bonds. The van der Waals surface area contributed by atoms with Crippen LogP contribution in [0.3, 0.4) is 0 Å². The van der Waals surface area contributed by atoms with Gasteiger partial charge in [-0.1, -0.05) is 30.3 Å². The van der Waals surface area contributed by atoms with Gasteiger partial charge in [-0.05, 0) is 41.5 Å². The maximum absolute atomic E-state index is 13.0. The summed E-state index contributed by atoms with van der Waals surface area (Å²) in [6.07, 6.45) is 0.193. The number of halogens is 1. The maximum Gasteiger partial charge on any atom is 0.265 e. The molecule has 132 valence electrons. The van der Waals surface area contributed by atoms with Crippen LogP contribution in [0.2, 0.25) is 0 Å². The third kappa shape index (κ3) is 4.15. The lowest BCUT2D eigenvalue weighted by Gasteiger charge is -2.09. The number of thiophene rings is 1. The van der Waals surface area contributed by atoms with Crippen molar-refractivity contribution in [1.29, 1.82) is 0 Å². The van der Waals surface area contributed by atoms with E-state index in [1.54, 1.807) is 37.4 Å². The van der Waals surface area contributed by atoms with Crippen molar-refractivity contribution in [3.8, 4) is 10.4 Å². The fourth-order valence-electron chi connectivity index (χ4n) is 2.47. The number of amides is 2. The first-order valence-electron chi connectivity index (χ1n) is 8.02. The first kappa shape index (κ1) is 17.8. The minimum atomic E-state index is -0.295.